The van der Waals surface area contributed by atoms with Gasteiger partial charge in [0.05, 0.1) is 19.9 Å². The fourth-order valence-electron chi connectivity index (χ4n) is 3.69. The number of carbonyl (C=O) groups is 2. The summed E-state index contributed by atoms with van der Waals surface area (Å²) >= 11 is 0. The Morgan fingerprint density at radius 2 is 1.82 bits per heavy atom. The van der Waals surface area contributed by atoms with Crippen molar-refractivity contribution in [3.05, 3.63) is 48.0 Å². The van der Waals surface area contributed by atoms with E-state index in [1.165, 1.54) is 0 Å². The fourth-order valence-corrected chi connectivity index (χ4v) is 3.69. The zero-order valence-corrected chi connectivity index (χ0v) is 19.8. The maximum absolute atomic E-state index is 12.4. The average molecular weight is 453 g/mol. The SMILES string of the molecule is CNC(C)CN(C(C)=O)c1ccc(NCCC=C2C(=O)Nc3cc(OC)c(OC)cc32)cc1. The van der Waals surface area contributed by atoms with Crippen LogP contribution in [0, 0.1) is 0 Å². The van der Waals surface area contributed by atoms with Gasteiger partial charge in [0, 0.05) is 54.6 Å². The number of benzene rings is 2. The molecule has 8 nitrogen and oxygen atoms in total. The third kappa shape index (κ3) is 5.64. The third-order valence-corrected chi connectivity index (χ3v) is 5.64. The van der Waals surface area contributed by atoms with Crippen LogP contribution in [0.25, 0.3) is 5.57 Å². The average Bonchev–Trinajstić information content (AvgIpc) is 3.13. The molecule has 0 aromatic heterocycles. The van der Waals surface area contributed by atoms with E-state index < -0.39 is 0 Å². The second-order valence-corrected chi connectivity index (χ2v) is 7.91. The van der Waals surface area contributed by atoms with Crippen LogP contribution in [0.1, 0.15) is 25.8 Å². The molecule has 0 saturated carbocycles. The normalized spacial score (nSPS) is 14.5. The van der Waals surface area contributed by atoms with Crippen LogP contribution in [-0.4, -0.2) is 52.2 Å². The number of anilines is 3. The summed E-state index contributed by atoms with van der Waals surface area (Å²) in [6.07, 6.45) is 2.59. The van der Waals surface area contributed by atoms with E-state index >= 15 is 0 Å². The van der Waals surface area contributed by atoms with E-state index in [1.54, 1.807) is 32.1 Å². The summed E-state index contributed by atoms with van der Waals surface area (Å²) < 4.78 is 10.7. The van der Waals surface area contributed by atoms with Gasteiger partial charge in [-0.15, -0.1) is 0 Å². The molecule has 2 aromatic carbocycles. The number of likely N-dealkylation sites (N-methyl/N-ethyl adjacent to an activating group) is 1. The Balaban J connectivity index is 1.62. The Bertz CT molecular complexity index is 1030. The lowest BCUT2D eigenvalue weighted by Crippen LogP contribution is -2.40. The summed E-state index contributed by atoms with van der Waals surface area (Å²) in [5.74, 6) is 1.03. The number of ether oxygens (including phenoxy) is 2. The number of carbonyl (C=O) groups excluding carboxylic acids is 2. The highest BCUT2D eigenvalue weighted by atomic mass is 16.5. The molecular formula is C25H32N4O4. The zero-order valence-electron chi connectivity index (χ0n) is 19.8. The van der Waals surface area contributed by atoms with Crippen molar-refractivity contribution in [3.8, 4) is 11.5 Å². The number of nitrogens with zero attached hydrogens (tertiary/aromatic N) is 1. The fraction of sp³-hybridized carbons (Fsp3) is 0.360. The summed E-state index contributed by atoms with van der Waals surface area (Å²) in [6, 6.07) is 11.6. The number of hydrogen-bond donors (Lipinski definition) is 3. The minimum Gasteiger partial charge on any atom is -0.493 e. The van der Waals surface area contributed by atoms with Gasteiger partial charge in [0.1, 0.15) is 0 Å². The van der Waals surface area contributed by atoms with Crippen molar-refractivity contribution in [2.75, 3.05) is 49.9 Å². The van der Waals surface area contributed by atoms with Gasteiger partial charge < -0.3 is 30.3 Å². The first kappa shape index (κ1) is 24.1. The van der Waals surface area contributed by atoms with Crippen LogP contribution in [0.5, 0.6) is 11.5 Å². The van der Waals surface area contributed by atoms with Crippen LogP contribution in [0.4, 0.5) is 17.1 Å². The highest BCUT2D eigenvalue weighted by molar-refractivity contribution is 6.31. The minimum absolute atomic E-state index is 0.00815. The van der Waals surface area contributed by atoms with E-state index in [0.29, 0.717) is 36.6 Å². The molecule has 0 bridgehead atoms. The lowest BCUT2D eigenvalue weighted by Gasteiger charge is -2.25. The van der Waals surface area contributed by atoms with Gasteiger partial charge in [-0.3, -0.25) is 9.59 Å². The predicted octanol–water partition coefficient (Wildman–Crippen LogP) is 3.50. The molecule has 2 aromatic rings. The second-order valence-electron chi connectivity index (χ2n) is 7.91. The Hall–Kier alpha value is -3.52. The van der Waals surface area contributed by atoms with E-state index in [9.17, 15) is 9.59 Å². The van der Waals surface area contributed by atoms with E-state index in [0.717, 1.165) is 22.6 Å². The van der Waals surface area contributed by atoms with E-state index in [-0.39, 0.29) is 17.9 Å². The maximum atomic E-state index is 12.4. The molecule has 1 aliphatic rings. The zero-order chi connectivity index (χ0) is 24.0. The van der Waals surface area contributed by atoms with Crippen molar-refractivity contribution in [2.45, 2.75) is 26.3 Å². The minimum atomic E-state index is -0.134. The van der Waals surface area contributed by atoms with Crippen LogP contribution in [0.3, 0.4) is 0 Å². The number of amides is 2. The number of nitrogens with one attached hydrogen (secondary N) is 3. The molecule has 33 heavy (non-hydrogen) atoms. The number of methoxy groups -OCH3 is 2. The van der Waals surface area contributed by atoms with Gasteiger partial charge in [-0.05, 0) is 50.7 Å². The van der Waals surface area contributed by atoms with Crippen LogP contribution >= 0.6 is 0 Å². The monoisotopic (exact) mass is 452 g/mol. The highest BCUT2D eigenvalue weighted by Crippen LogP contribution is 2.40. The smallest absolute Gasteiger partial charge is 0.256 e. The van der Waals surface area contributed by atoms with Crippen molar-refractivity contribution in [1.82, 2.24) is 5.32 Å². The number of hydrogen-bond acceptors (Lipinski definition) is 6. The third-order valence-electron chi connectivity index (χ3n) is 5.64. The van der Waals surface area contributed by atoms with Gasteiger partial charge in [0.2, 0.25) is 5.91 Å². The molecule has 0 aliphatic carbocycles. The van der Waals surface area contributed by atoms with Crippen LogP contribution in [0.15, 0.2) is 42.5 Å². The molecule has 0 spiro atoms. The molecule has 0 fully saturated rings. The molecular weight excluding hydrogens is 420 g/mol. The first-order valence-corrected chi connectivity index (χ1v) is 10.9. The Morgan fingerprint density at radius 1 is 1.15 bits per heavy atom. The summed E-state index contributed by atoms with van der Waals surface area (Å²) in [6.45, 7) is 4.87. The van der Waals surface area contributed by atoms with Crippen molar-refractivity contribution in [3.63, 3.8) is 0 Å². The van der Waals surface area contributed by atoms with Crippen LogP contribution < -0.4 is 30.3 Å². The van der Waals surface area contributed by atoms with Crippen molar-refractivity contribution in [2.24, 2.45) is 0 Å². The number of fused-ring (bicyclic) bond motifs is 1. The molecule has 3 N–H and O–H groups in total. The Kier molecular flexibility index (Phi) is 7.95. The second kappa shape index (κ2) is 10.9. The van der Waals surface area contributed by atoms with Crippen molar-refractivity contribution < 1.29 is 19.1 Å². The van der Waals surface area contributed by atoms with Crippen LogP contribution in [-0.2, 0) is 9.59 Å². The molecule has 0 radical (unpaired) electrons. The first-order valence-electron chi connectivity index (χ1n) is 10.9. The largest absolute Gasteiger partial charge is 0.493 e. The highest BCUT2D eigenvalue weighted by Gasteiger charge is 2.26. The van der Waals surface area contributed by atoms with E-state index in [4.69, 9.17) is 9.47 Å². The van der Waals surface area contributed by atoms with E-state index in [1.807, 2.05) is 50.4 Å². The molecule has 1 atom stereocenters. The van der Waals surface area contributed by atoms with Crippen molar-refractivity contribution >= 4 is 34.4 Å². The molecule has 1 heterocycles. The predicted molar refractivity (Wildman–Crippen MR) is 132 cm³/mol. The summed E-state index contributed by atoms with van der Waals surface area (Å²) in [7, 11) is 5.02. The maximum Gasteiger partial charge on any atom is 0.256 e. The molecule has 8 heteroatoms. The van der Waals surface area contributed by atoms with Gasteiger partial charge in [0.15, 0.2) is 11.5 Å². The van der Waals surface area contributed by atoms with Gasteiger partial charge in [-0.25, -0.2) is 0 Å². The van der Waals surface area contributed by atoms with Gasteiger partial charge in [0.25, 0.3) is 5.91 Å². The summed E-state index contributed by atoms with van der Waals surface area (Å²) in [5, 5.41) is 9.39. The van der Waals surface area contributed by atoms with Gasteiger partial charge in [-0.1, -0.05) is 6.08 Å². The molecule has 3 rings (SSSR count). The number of rotatable bonds is 10. The standard InChI is InChI=1S/C25H32N4O4/c1-16(26-3)15-29(17(2)30)19-10-8-18(9-11-19)27-12-6-7-20-21-13-23(32-4)24(33-5)14-22(21)28-25(20)31/h7-11,13-14,16,26-27H,6,12,15H2,1-5H3,(H,28,31). The lowest BCUT2D eigenvalue weighted by atomic mass is 10.1. The molecule has 2 amide bonds. The van der Waals surface area contributed by atoms with Crippen LogP contribution in [0.2, 0.25) is 0 Å². The van der Waals surface area contributed by atoms with Gasteiger partial charge >= 0.3 is 0 Å². The molecule has 176 valence electrons. The van der Waals surface area contributed by atoms with Gasteiger partial charge in [-0.2, -0.15) is 0 Å². The molecule has 1 aliphatic heterocycles. The molecule has 1 unspecified atom stereocenters. The summed E-state index contributed by atoms with van der Waals surface area (Å²) in [4.78, 5) is 26.2. The quantitative estimate of drug-likeness (QED) is 0.378. The molecule has 0 saturated heterocycles. The summed E-state index contributed by atoms with van der Waals surface area (Å²) in [5.41, 5.74) is 3.96. The Morgan fingerprint density at radius 3 is 2.42 bits per heavy atom. The van der Waals surface area contributed by atoms with E-state index in [2.05, 4.69) is 16.0 Å². The topological polar surface area (TPSA) is 91.9 Å². The van der Waals surface area contributed by atoms with Crippen molar-refractivity contribution in [1.29, 1.82) is 0 Å². The lowest BCUT2D eigenvalue weighted by molar-refractivity contribution is -0.116. The Labute approximate surface area is 194 Å². The first-order chi connectivity index (χ1) is 15.9.